The molecule has 0 unspecified atom stereocenters. The highest BCUT2D eigenvalue weighted by Crippen LogP contribution is 2.36. The van der Waals surface area contributed by atoms with Gasteiger partial charge in [0.2, 0.25) is 27.7 Å². The number of rotatable bonds is 7. The Morgan fingerprint density at radius 3 is 2.35 bits per heavy atom. The van der Waals surface area contributed by atoms with Crippen LogP contribution in [0, 0.1) is 0 Å². The molecule has 0 amide bonds. The van der Waals surface area contributed by atoms with Gasteiger partial charge < -0.3 is 8.83 Å². The average Bonchev–Trinajstić information content (AvgIpc) is 3.56. The molecule has 5 rings (SSSR count). The molecule has 1 atom stereocenters. The molecule has 1 aliphatic heterocycles. The minimum atomic E-state index is -3.55. The third-order valence-corrected chi connectivity index (χ3v) is 8.34. The fourth-order valence-electron chi connectivity index (χ4n) is 3.72. The first-order valence-electron chi connectivity index (χ1n) is 11.0. The lowest BCUT2D eigenvalue weighted by atomic mass is 10.2. The second-order valence-corrected chi connectivity index (χ2v) is 11.2. The van der Waals surface area contributed by atoms with Crippen LogP contribution in [0.2, 0.25) is 0 Å². The van der Waals surface area contributed by atoms with Gasteiger partial charge in [0.15, 0.2) is 0 Å². The van der Waals surface area contributed by atoms with E-state index < -0.39 is 10.0 Å². The van der Waals surface area contributed by atoms with Gasteiger partial charge in [-0.05, 0) is 50.1 Å². The maximum absolute atomic E-state index is 13.0. The molecular formula is C23H23N5O4S2. The second-order valence-electron chi connectivity index (χ2n) is 7.94. The average molecular weight is 498 g/mol. The Labute approximate surface area is 201 Å². The van der Waals surface area contributed by atoms with Gasteiger partial charge in [-0.2, -0.15) is 4.31 Å². The third kappa shape index (κ3) is 4.77. The lowest BCUT2D eigenvalue weighted by molar-refractivity contribution is 0.346. The molecule has 0 spiro atoms. The van der Waals surface area contributed by atoms with Gasteiger partial charge in [0.05, 0.1) is 10.1 Å². The standard InChI is InChI=1S/C23H23N5O4S2/c1-16(20-24-25-21(31-20)17-9-4-2-5-10-17)33-23-27-26-22(32-23)18-11-8-12-19(15-18)34(29,30)28-13-6-3-7-14-28/h2,4-5,8-12,15-16H,3,6-7,13-14H2,1H3/t16-/m0/s1. The number of aromatic nitrogens is 4. The van der Waals surface area contributed by atoms with Crippen molar-refractivity contribution in [2.24, 2.45) is 0 Å². The van der Waals surface area contributed by atoms with Crippen molar-refractivity contribution < 1.29 is 17.3 Å². The number of hydrogen-bond donors (Lipinski definition) is 0. The van der Waals surface area contributed by atoms with Gasteiger partial charge in [-0.25, -0.2) is 8.42 Å². The van der Waals surface area contributed by atoms with E-state index in [1.807, 2.05) is 37.3 Å². The molecule has 34 heavy (non-hydrogen) atoms. The van der Waals surface area contributed by atoms with Crippen LogP contribution in [-0.4, -0.2) is 46.2 Å². The van der Waals surface area contributed by atoms with E-state index in [1.54, 1.807) is 28.6 Å². The zero-order chi connectivity index (χ0) is 23.5. The van der Waals surface area contributed by atoms with Crippen LogP contribution in [0.4, 0.5) is 0 Å². The van der Waals surface area contributed by atoms with Crippen molar-refractivity contribution in [2.45, 2.75) is 41.6 Å². The number of thioether (sulfide) groups is 1. The van der Waals surface area contributed by atoms with Gasteiger partial charge in [-0.1, -0.05) is 42.4 Å². The summed E-state index contributed by atoms with van der Waals surface area (Å²) in [6.07, 6.45) is 2.83. The molecule has 2 aromatic heterocycles. The van der Waals surface area contributed by atoms with Crippen LogP contribution in [0.5, 0.6) is 0 Å². The van der Waals surface area contributed by atoms with E-state index in [9.17, 15) is 8.42 Å². The summed E-state index contributed by atoms with van der Waals surface area (Å²) in [6, 6.07) is 16.2. The molecule has 3 heterocycles. The van der Waals surface area contributed by atoms with Crippen molar-refractivity contribution in [1.82, 2.24) is 24.7 Å². The third-order valence-electron chi connectivity index (χ3n) is 5.53. The zero-order valence-electron chi connectivity index (χ0n) is 18.5. The Morgan fingerprint density at radius 2 is 1.56 bits per heavy atom. The molecular weight excluding hydrogens is 474 g/mol. The van der Waals surface area contributed by atoms with Crippen molar-refractivity contribution in [3.05, 3.63) is 60.5 Å². The SMILES string of the molecule is C[C@H](Sc1nnc(-c2cccc(S(=O)(=O)N3CCCCC3)c2)o1)c1nnc(-c2ccccc2)o1. The predicted octanol–water partition coefficient (Wildman–Crippen LogP) is 4.81. The Bertz CT molecular complexity index is 1360. The van der Waals surface area contributed by atoms with Crippen LogP contribution >= 0.6 is 11.8 Å². The monoisotopic (exact) mass is 497 g/mol. The summed E-state index contributed by atoms with van der Waals surface area (Å²) in [5, 5.41) is 16.6. The minimum Gasteiger partial charge on any atom is -0.419 e. The Balaban J connectivity index is 1.31. The molecule has 1 aliphatic rings. The lowest BCUT2D eigenvalue weighted by Crippen LogP contribution is -2.35. The summed E-state index contributed by atoms with van der Waals surface area (Å²) < 4.78 is 39.2. The summed E-state index contributed by atoms with van der Waals surface area (Å²) in [5.74, 6) is 1.14. The molecule has 176 valence electrons. The Morgan fingerprint density at radius 1 is 0.853 bits per heavy atom. The maximum atomic E-state index is 13.0. The summed E-state index contributed by atoms with van der Waals surface area (Å²) in [4.78, 5) is 0.229. The van der Waals surface area contributed by atoms with Crippen LogP contribution in [-0.2, 0) is 10.0 Å². The van der Waals surface area contributed by atoms with E-state index in [1.165, 1.54) is 11.8 Å². The Kier molecular flexibility index (Phi) is 6.48. The van der Waals surface area contributed by atoms with Crippen LogP contribution in [0.15, 0.2) is 73.5 Å². The van der Waals surface area contributed by atoms with Gasteiger partial charge in [-0.3, -0.25) is 0 Å². The van der Waals surface area contributed by atoms with Gasteiger partial charge in [0.25, 0.3) is 5.22 Å². The zero-order valence-corrected chi connectivity index (χ0v) is 20.1. The first kappa shape index (κ1) is 22.8. The first-order chi connectivity index (χ1) is 16.5. The predicted molar refractivity (Wildman–Crippen MR) is 126 cm³/mol. The minimum absolute atomic E-state index is 0.218. The second kappa shape index (κ2) is 9.69. The van der Waals surface area contributed by atoms with Crippen molar-refractivity contribution >= 4 is 21.8 Å². The highest BCUT2D eigenvalue weighted by atomic mass is 32.2. The number of piperidine rings is 1. The number of nitrogens with zero attached hydrogens (tertiary/aromatic N) is 5. The normalized spacial score (nSPS) is 15.9. The maximum Gasteiger partial charge on any atom is 0.277 e. The molecule has 1 fully saturated rings. The fraction of sp³-hybridized carbons (Fsp3) is 0.304. The molecule has 1 saturated heterocycles. The number of sulfonamides is 1. The van der Waals surface area contributed by atoms with Gasteiger partial charge in [0.1, 0.15) is 0 Å². The van der Waals surface area contributed by atoms with Crippen molar-refractivity contribution in [2.75, 3.05) is 13.1 Å². The summed E-state index contributed by atoms with van der Waals surface area (Å²) in [5.41, 5.74) is 1.40. The summed E-state index contributed by atoms with van der Waals surface area (Å²) >= 11 is 1.29. The molecule has 0 radical (unpaired) electrons. The van der Waals surface area contributed by atoms with Gasteiger partial charge in [0, 0.05) is 24.2 Å². The molecule has 0 bridgehead atoms. The van der Waals surface area contributed by atoms with Crippen LogP contribution in [0.25, 0.3) is 22.9 Å². The highest BCUT2D eigenvalue weighted by Gasteiger charge is 2.27. The smallest absolute Gasteiger partial charge is 0.277 e. The summed E-state index contributed by atoms with van der Waals surface area (Å²) in [7, 11) is -3.55. The lowest BCUT2D eigenvalue weighted by Gasteiger charge is -2.25. The van der Waals surface area contributed by atoms with E-state index >= 15 is 0 Å². The summed E-state index contributed by atoms with van der Waals surface area (Å²) in [6.45, 7) is 3.00. The first-order valence-corrected chi connectivity index (χ1v) is 13.3. The number of hydrogen-bond acceptors (Lipinski definition) is 9. The van der Waals surface area contributed by atoms with Crippen LogP contribution < -0.4 is 0 Å². The highest BCUT2D eigenvalue weighted by molar-refractivity contribution is 7.99. The molecule has 11 heteroatoms. The largest absolute Gasteiger partial charge is 0.419 e. The topological polar surface area (TPSA) is 115 Å². The molecule has 2 aromatic carbocycles. The van der Waals surface area contributed by atoms with E-state index in [0.29, 0.717) is 35.7 Å². The van der Waals surface area contributed by atoms with Crippen molar-refractivity contribution in [3.8, 4) is 22.9 Å². The molecule has 4 aromatic rings. The van der Waals surface area contributed by atoms with E-state index in [-0.39, 0.29) is 16.0 Å². The molecule has 9 nitrogen and oxygen atoms in total. The van der Waals surface area contributed by atoms with E-state index in [2.05, 4.69) is 20.4 Å². The van der Waals surface area contributed by atoms with Gasteiger partial charge in [-0.15, -0.1) is 20.4 Å². The number of benzene rings is 2. The molecule has 0 aliphatic carbocycles. The van der Waals surface area contributed by atoms with Crippen molar-refractivity contribution in [3.63, 3.8) is 0 Å². The van der Waals surface area contributed by atoms with Crippen LogP contribution in [0.3, 0.4) is 0 Å². The quantitative estimate of drug-likeness (QED) is 0.332. The fourth-order valence-corrected chi connectivity index (χ4v) is 5.99. The van der Waals surface area contributed by atoms with Crippen LogP contribution in [0.1, 0.15) is 37.3 Å². The van der Waals surface area contributed by atoms with Gasteiger partial charge >= 0.3 is 0 Å². The Hall–Kier alpha value is -3.02. The molecule has 0 saturated carbocycles. The van der Waals surface area contributed by atoms with Crippen molar-refractivity contribution in [1.29, 1.82) is 0 Å². The van der Waals surface area contributed by atoms with E-state index in [4.69, 9.17) is 8.83 Å². The van der Waals surface area contributed by atoms with E-state index in [0.717, 1.165) is 24.8 Å². The molecule has 0 N–H and O–H groups in total.